The van der Waals surface area contributed by atoms with Gasteiger partial charge in [-0.2, -0.15) is 12.6 Å². The van der Waals surface area contributed by atoms with Gasteiger partial charge in [-0.3, -0.25) is 0 Å². The second kappa shape index (κ2) is 5.98. The zero-order valence-electron chi connectivity index (χ0n) is 6.49. The van der Waals surface area contributed by atoms with E-state index in [1.165, 1.54) is 12.8 Å². The van der Waals surface area contributed by atoms with Crippen LogP contribution in [0.5, 0.6) is 0 Å². The van der Waals surface area contributed by atoms with Gasteiger partial charge in [-0.05, 0) is 6.42 Å². The van der Waals surface area contributed by atoms with Gasteiger partial charge in [0.05, 0.1) is 0 Å². The Hall–Kier alpha value is 1.44. The lowest BCUT2D eigenvalue weighted by Crippen LogP contribution is -2.25. The number of thiol groups is 1. The van der Waals surface area contributed by atoms with Crippen molar-refractivity contribution in [2.45, 2.75) is 37.5 Å². The first-order chi connectivity index (χ1) is 4.98. The van der Waals surface area contributed by atoms with Crippen molar-refractivity contribution in [3.8, 4) is 0 Å². The summed E-state index contributed by atoms with van der Waals surface area (Å²) < 4.78 is 0. The smallest absolute Gasteiger partial charge is 0.175 e. The molecule has 0 nitrogen and oxygen atoms in total. The average molecular weight is 252 g/mol. The molecule has 0 rings (SSSR count). The monoisotopic (exact) mass is 250 g/mol. The molecule has 0 bridgehead atoms. The summed E-state index contributed by atoms with van der Waals surface area (Å²) in [5.41, 5.74) is 0. The zero-order chi connectivity index (χ0) is 8.91. The Morgan fingerprint density at radius 2 is 1.82 bits per heavy atom. The van der Waals surface area contributed by atoms with E-state index in [-0.39, 0.29) is 4.87 Å². The molecule has 0 aromatic heterocycles. The van der Waals surface area contributed by atoms with Gasteiger partial charge in [0, 0.05) is 4.87 Å². The van der Waals surface area contributed by atoms with Crippen LogP contribution in [0.3, 0.4) is 0 Å². The number of rotatable bonds is 5. The highest BCUT2D eigenvalue weighted by Crippen LogP contribution is 2.30. The zero-order valence-corrected chi connectivity index (χ0v) is 10.6. The Balaban J connectivity index is 3.44. The summed E-state index contributed by atoms with van der Waals surface area (Å²) in [4.78, 5) is -0.000880. The molecule has 5 heteroatoms. The van der Waals surface area contributed by atoms with E-state index < -0.39 is 6.00 Å². The van der Waals surface area contributed by atoms with E-state index in [9.17, 15) is 0 Å². The third kappa shape index (κ3) is 6.58. The first kappa shape index (κ1) is 12.4. The molecule has 0 spiro atoms. The lowest BCUT2D eigenvalue weighted by atomic mass is 10.2. The molecule has 0 aliphatic carbocycles. The molecular formula is C6H13Cl3SSi. The predicted molar refractivity (Wildman–Crippen MR) is 60.2 cm³/mol. The first-order valence-electron chi connectivity index (χ1n) is 3.73. The van der Waals surface area contributed by atoms with Crippen molar-refractivity contribution in [1.82, 2.24) is 0 Å². The van der Waals surface area contributed by atoms with Crippen LogP contribution in [0.15, 0.2) is 0 Å². The summed E-state index contributed by atoms with van der Waals surface area (Å²) >= 11 is 21.5. The Bertz CT molecular complexity index is 104. The molecule has 0 aliphatic rings. The highest BCUT2D eigenvalue weighted by Gasteiger charge is 2.33. The number of halogens is 3. The largest absolute Gasteiger partial charge is 0.353 e. The second-order valence-electron chi connectivity index (χ2n) is 2.55. The van der Waals surface area contributed by atoms with Crippen molar-refractivity contribution in [3.63, 3.8) is 0 Å². The van der Waals surface area contributed by atoms with E-state index in [2.05, 4.69) is 19.6 Å². The Kier molecular flexibility index (Phi) is 6.76. The summed E-state index contributed by atoms with van der Waals surface area (Å²) in [7, 11) is 0. The van der Waals surface area contributed by atoms with E-state index in [0.29, 0.717) is 0 Å². The van der Waals surface area contributed by atoms with E-state index >= 15 is 0 Å². The minimum atomic E-state index is -2.53. The topological polar surface area (TPSA) is 0 Å². The maximum Gasteiger partial charge on any atom is 0.353 e. The fourth-order valence-electron chi connectivity index (χ4n) is 0.751. The van der Waals surface area contributed by atoms with Crippen LogP contribution in [0, 0.1) is 0 Å². The van der Waals surface area contributed by atoms with Gasteiger partial charge >= 0.3 is 6.00 Å². The Morgan fingerprint density at radius 1 is 1.27 bits per heavy atom. The van der Waals surface area contributed by atoms with Crippen molar-refractivity contribution in [2.75, 3.05) is 0 Å². The minimum absolute atomic E-state index is 0.000880. The van der Waals surface area contributed by atoms with Crippen LogP contribution in [-0.4, -0.2) is 10.9 Å². The summed E-state index contributed by atoms with van der Waals surface area (Å²) in [6, 6.07) is -2.53. The second-order valence-corrected chi connectivity index (χ2v) is 12.5. The summed E-state index contributed by atoms with van der Waals surface area (Å²) in [5.74, 6) is 0. The Labute approximate surface area is 89.1 Å². The number of hydrogen-bond donors (Lipinski definition) is 1. The van der Waals surface area contributed by atoms with Crippen LogP contribution in [0.25, 0.3) is 0 Å². The van der Waals surface area contributed by atoms with Gasteiger partial charge in [-0.25, -0.2) is 0 Å². The molecule has 0 amide bonds. The SMILES string of the molecule is CCCCCC(S)[Si](Cl)(Cl)Cl. The Morgan fingerprint density at radius 3 is 2.18 bits per heavy atom. The van der Waals surface area contributed by atoms with E-state index in [1.54, 1.807) is 0 Å². The van der Waals surface area contributed by atoms with Crippen LogP contribution in [0.4, 0.5) is 0 Å². The van der Waals surface area contributed by atoms with Crippen LogP contribution in [0.2, 0.25) is 0 Å². The van der Waals surface area contributed by atoms with Crippen LogP contribution in [-0.2, 0) is 0 Å². The predicted octanol–water partition coefficient (Wildman–Crippen LogP) is 4.06. The van der Waals surface area contributed by atoms with Crippen molar-refractivity contribution in [3.05, 3.63) is 0 Å². The van der Waals surface area contributed by atoms with E-state index in [0.717, 1.165) is 12.8 Å². The molecule has 11 heavy (non-hydrogen) atoms. The third-order valence-corrected chi connectivity index (χ3v) is 7.66. The van der Waals surface area contributed by atoms with Gasteiger partial charge in [-0.15, -0.1) is 33.2 Å². The highest BCUT2D eigenvalue weighted by molar-refractivity contribution is 7.89. The molecule has 0 aliphatic heterocycles. The van der Waals surface area contributed by atoms with Gasteiger partial charge in [0.2, 0.25) is 0 Å². The normalized spacial score (nSPS) is 15.0. The fourth-order valence-corrected chi connectivity index (χ4v) is 2.45. The highest BCUT2D eigenvalue weighted by atomic mass is 35.8. The lowest BCUT2D eigenvalue weighted by molar-refractivity contribution is 0.694. The van der Waals surface area contributed by atoms with Crippen molar-refractivity contribution in [1.29, 1.82) is 0 Å². The average Bonchev–Trinajstić information content (AvgIpc) is 1.86. The maximum atomic E-state index is 5.76. The number of hydrogen-bond acceptors (Lipinski definition) is 1. The van der Waals surface area contributed by atoms with Gasteiger partial charge in [-0.1, -0.05) is 26.2 Å². The third-order valence-electron chi connectivity index (χ3n) is 1.46. The van der Waals surface area contributed by atoms with Crippen molar-refractivity contribution >= 4 is 51.9 Å². The molecule has 0 fully saturated rings. The molecule has 1 unspecified atom stereocenters. The molecule has 0 saturated carbocycles. The maximum absolute atomic E-state index is 5.76. The molecule has 0 heterocycles. The van der Waals surface area contributed by atoms with Gasteiger partial charge in [0.25, 0.3) is 0 Å². The fraction of sp³-hybridized carbons (Fsp3) is 1.00. The summed E-state index contributed by atoms with van der Waals surface area (Å²) in [5, 5.41) is 0. The van der Waals surface area contributed by atoms with Crippen molar-refractivity contribution < 1.29 is 0 Å². The minimum Gasteiger partial charge on any atom is -0.175 e. The van der Waals surface area contributed by atoms with Crippen molar-refractivity contribution in [2.24, 2.45) is 0 Å². The van der Waals surface area contributed by atoms with Gasteiger partial charge in [0.15, 0.2) is 0 Å². The van der Waals surface area contributed by atoms with E-state index in [4.69, 9.17) is 33.2 Å². The quantitative estimate of drug-likeness (QED) is 0.324. The molecule has 0 aromatic rings. The number of unbranched alkanes of at least 4 members (excludes halogenated alkanes) is 2. The van der Waals surface area contributed by atoms with Crippen LogP contribution < -0.4 is 0 Å². The summed E-state index contributed by atoms with van der Waals surface area (Å²) in [6.07, 6.45) is 4.44. The molecule has 1 atom stereocenters. The molecule has 0 radical (unpaired) electrons. The van der Waals surface area contributed by atoms with E-state index in [1.807, 2.05) is 0 Å². The van der Waals surface area contributed by atoms with Gasteiger partial charge in [0.1, 0.15) is 0 Å². The standard InChI is InChI=1S/C6H13Cl3SSi/c1-2-3-4-5-6(10)11(7,8)9/h6,10H,2-5H2,1H3. The lowest BCUT2D eigenvalue weighted by Gasteiger charge is -2.15. The van der Waals surface area contributed by atoms with Gasteiger partial charge < -0.3 is 0 Å². The molecular weight excluding hydrogens is 239 g/mol. The molecule has 0 N–H and O–H groups in total. The van der Waals surface area contributed by atoms with Crippen LogP contribution >= 0.6 is 45.9 Å². The summed E-state index contributed by atoms with van der Waals surface area (Å²) in [6.45, 7) is 2.15. The molecule has 0 aromatic carbocycles. The van der Waals surface area contributed by atoms with Crippen LogP contribution in [0.1, 0.15) is 32.6 Å². The first-order valence-corrected chi connectivity index (χ1v) is 9.36. The molecule has 68 valence electrons. The molecule has 0 saturated heterocycles.